The van der Waals surface area contributed by atoms with Gasteiger partial charge in [0, 0.05) is 16.9 Å². The van der Waals surface area contributed by atoms with Gasteiger partial charge in [-0.1, -0.05) is 60.7 Å². The molecule has 24 heavy (non-hydrogen) atoms. The highest BCUT2D eigenvalue weighted by Crippen LogP contribution is 2.29. The topological polar surface area (TPSA) is 3.24 Å². The lowest BCUT2D eigenvalue weighted by Gasteiger charge is -2.27. The second-order valence-electron chi connectivity index (χ2n) is 5.99. The Balaban J connectivity index is 2.13. The van der Waals surface area contributed by atoms with Gasteiger partial charge >= 0.3 is 0 Å². The molecule has 0 aliphatic heterocycles. The van der Waals surface area contributed by atoms with Gasteiger partial charge in [-0.3, -0.25) is 0 Å². The summed E-state index contributed by atoms with van der Waals surface area (Å²) in [4.78, 5) is 2.97. The molecule has 120 valence electrons. The Labute approximate surface area is 149 Å². The Morgan fingerprint density at radius 3 is 1.67 bits per heavy atom. The minimum absolute atomic E-state index is 0.827. The van der Waals surface area contributed by atoms with Gasteiger partial charge in [-0.2, -0.15) is 0 Å². The van der Waals surface area contributed by atoms with Crippen molar-refractivity contribution < 1.29 is 0 Å². The summed E-state index contributed by atoms with van der Waals surface area (Å²) in [6, 6.07) is 24.9. The molecule has 3 aromatic rings. The van der Waals surface area contributed by atoms with Gasteiger partial charge in [0.1, 0.15) is 4.99 Å². The molecular weight excluding hydrogens is 310 g/mol. The van der Waals surface area contributed by atoms with Crippen molar-refractivity contribution >= 4 is 28.6 Å². The van der Waals surface area contributed by atoms with Gasteiger partial charge in [0.25, 0.3) is 0 Å². The summed E-state index contributed by atoms with van der Waals surface area (Å²) in [5, 5.41) is 0. The summed E-state index contributed by atoms with van der Waals surface area (Å²) in [7, 11) is 0. The lowest BCUT2D eigenvalue weighted by atomic mass is 9.98. The fraction of sp³-hybridized carbons (Fsp3) is 0.136. The number of aryl methyl sites for hydroxylation is 1. The molecule has 0 saturated heterocycles. The molecule has 0 radical (unpaired) electrons. The molecule has 2 heteroatoms. The maximum absolute atomic E-state index is 5.92. The summed E-state index contributed by atoms with van der Waals surface area (Å²) in [6.07, 6.45) is 0. The smallest absolute Gasteiger partial charge is 0.118 e. The van der Waals surface area contributed by atoms with Gasteiger partial charge in [-0.05, 0) is 61.7 Å². The Bertz CT molecular complexity index is 814. The molecule has 0 fully saturated rings. The molecule has 0 bridgehead atoms. The van der Waals surface area contributed by atoms with Crippen LogP contribution in [0.25, 0.3) is 0 Å². The van der Waals surface area contributed by atoms with E-state index < -0.39 is 0 Å². The number of nitrogens with zero attached hydrogens (tertiary/aromatic N) is 1. The molecule has 1 nitrogen and oxygen atoms in total. The monoisotopic (exact) mass is 331 g/mol. The van der Waals surface area contributed by atoms with Crippen molar-refractivity contribution in [1.29, 1.82) is 0 Å². The van der Waals surface area contributed by atoms with E-state index in [1.807, 2.05) is 36.4 Å². The molecule has 0 saturated carbocycles. The van der Waals surface area contributed by atoms with E-state index in [1.165, 1.54) is 16.7 Å². The maximum atomic E-state index is 5.92. The van der Waals surface area contributed by atoms with E-state index in [2.05, 4.69) is 62.1 Å². The van der Waals surface area contributed by atoms with Crippen LogP contribution in [0.1, 0.15) is 22.3 Å². The molecule has 3 rings (SSSR count). The lowest BCUT2D eigenvalue weighted by Crippen LogP contribution is -2.26. The van der Waals surface area contributed by atoms with Crippen LogP contribution in [0.2, 0.25) is 0 Å². The number of hydrogen-bond donors (Lipinski definition) is 0. The molecule has 0 N–H and O–H groups in total. The number of para-hydroxylation sites is 2. The molecule has 3 aromatic carbocycles. The minimum atomic E-state index is 0.827. The maximum Gasteiger partial charge on any atom is 0.118 e. The van der Waals surface area contributed by atoms with E-state index in [9.17, 15) is 0 Å². The predicted octanol–water partition coefficient (Wildman–Crippen LogP) is 6.13. The van der Waals surface area contributed by atoms with E-state index in [1.54, 1.807) is 0 Å². The SMILES string of the molecule is Cc1ccc(C(=S)N(c2ccccc2)c2ccccc2)c(C)c1C. The summed E-state index contributed by atoms with van der Waals surface area (Å²) in [5.74, 6) is 0. The molecule has 0 aromatic heterocycles. The number of thiocarbonyl (C=S) groups is 1. The molecule has 0 atom stereocenters. The number of anilines is 2. The van der Waals surface area contributed by atoms with Crippen LogP contribution >= 0.6 is 12.2 Å². The average molecular weight is 331 g/mol. The highest BCUT2D eigenvalue weighted by Gasteiger charge is 2.18. The van der Waals surface area contributed by atoms with Crippen molar-refractivity contribution in [3.63, 3.8) is 0 Å². The summed E-state index contributed by atoms with van der Waals surface area (Å²) in [6.45, 7) is 6.45. The third-order valence-corrected chi connectivity index (χ3v) is 4.92. The molecule has 0 heterocycles. The van der Waals surface area contributed by atoms with Gasteiger partial charge in [-0.15, -0.1) is 0 Å². The molecule has 0 amide bonds. The number of rotatable bonds is 3. The quantitative estimate of drug-likeness (QED) is 0.531. The van der Waals surface area contributed by atoms with Gasteiger partial charge in [0.15, 0.2) is 0 Å². The minimum Gasteiger partial charge on any atom is -0.301 e. The number of hydrogen-bond acceptors (Lipinski definition) is 1. The van der Waals surface area contributed by atoms with Gasteiger partial charge in [-0.25, -0.2) is 0 Å². The third kappa shape index (κ3) is 3.10. The van der Waals surface area contributed by atoms with Gasteiger partial charge < -0.3 is 4.90 Å². The fourth-order valence-corrected chi connectivity index (χ4v) is 3.28. The van der Waals surface area contributed by atoms with Crippen LogP contribution < -0.4 is 4.90 Å². The first-order valence-electron chi connectivity index (χ1n) is 8.11. The van der Waals surface area contributed by atoms with E-state index in [0.717, 1.165) is 21.9 Å². The van der Waals surface area contributed by atoms with E-state index in [0.29, 0.717) is 0 Å². The molecular formula is C22H21NS. The zero-order valence-electron chi connectivity index (χ0n) is 14.3. The third-order valence-electron chi connectivity index (χ3n) is 4.52. The molecule has 0 aliphatic rings. The van der Waals surface area contributed by atoms with Crippen molar-refractivity contribution in [3.8, 4) is 0 Å². The van der Waals surface area contributed by atoms with Gasteiger partial charge in [0.2, 0.25) is 0 Å². The Morgan fingerprint density at radius 1 is 0.667 bits per heavy atom. The van der Waals surface area contributed by atoms with E-state index in [-0.39, 0.29) is 0 Å². The normalized spacial score (nSPS) is 10.5. The van der Waals surface area contributed by atoms with Gasteiger partial charge in [0.05, 0.1) is 0 Å². The number of benzene rings is 3. The standard InChI is InChI=1S/C22H21NS/c1-16-14-15-21(18(3)17(16)2)22(24)23(19-10-6-4-7-11-19)20-12-8-5-9-13-20/h4-15H,1-3H3. The van der Waals surface area contributed by atoms with Crippen LogP contribution in [0.3, 0.4) is 0 Å². The predicted molar refractivity (Wildman–Crippen MR) is 107 cm³/mol. The zero-order valence-corrected chi connectivity index (χ0v) is 15.1. The van der Waals surface area contributed by atoms with Crippen LogP contribution in [0.4, 0.5) is 11.4 Å². The second kappa shape index (κ2) is 6.98. The van der Waals surface area contributed by atoms with Crippen LogP contribution in [0.15, 0.2) is 72.8 Å². The van der Waals surface area contributed by atoms with E-state index >= 15 is 0 Å². The van der Waals surface area contributed by atoms with Crippen molar-refractivity contribution in [1.82, 2.24) is 0 Å². The highest BCUT2D eigenvalue weighted by atomic mass is 32.1. The van der Waals surface area contributed by atoms with Crippen LogP contribution in [0.5, 0.6) is 0 Å². The molecule has 0 aliphatic carbocycles. The summed E-state index contributed by atoms with van der Waals surface area (Å²) < 4.78 is 0. The van der Waals surface area contributed by atoms with Crippen molar-refractivity contribution in [2.24, 2.45) is 0 Å². The van der Waals surface area contributed by atoms with Crippen molar-refractivity contribution in [3.05, 3.63) is 95.1 Å². The first-order chi connectivity index (χ1) is 11.6. The average Bonchev–Trinajstić information content (AvgIpc) is 2.62. The highest BCUT2D eigenvalue weighted by molar-refractivity contribution is 7.81. The summed E-state index contributed by atoms with van der Waals surface area (Å²) in [5.41, 5.74) is 7.11. The summed E-state index contributed by atoms with van der Waals surface area (Å²) >= 11 is 5.92. The Morgan fingerprint density at radius 2 is 1.17 bits per heavy atom. The van der Waals surface area contributed by atoms with Crippen molar-refractivity contribution in [2.75, 3.05) is 4.90 Å². The fourth-order valence-electron chi connectivity index (χ4n) is 2.85. The van der Waals surface area contributed by atoms with E-state index in [4.69, 9.17) is 12.2 Å². The van der Waals surface area contributed by atoms with Crippen LogP contribution in [-0.2, 0) is 0 Å². The first-order valence-corrected chi connectivity index (χ1v) is 8.52. The Kier molecular flexibility index (Phi) is 4.77. The van der Waals surface area contributed by atoms with Crippen molar-refractivity contribution in [2.45, 2.75) is 20.8 Å². The Hall–Kier alpha value is -2.45. The lowest BCUT2D eigenvalue weighted by molar-refractivity contribution is 1.25. The van der Waals surface area contributed by atoms with Crippen LogP contribution in [-0.4, -0.2) is 4.99 Å². The first kappa shape index (κ1) is 16.4. The van der Waals surface area contributed by atoms with Crippen LogP contribution in [0, 0.1) is 20.8 Å². The second-order valence-corrected chi connectivity index (χ2v) is 6.38. The largest absolute Gasteiger partial charge is 0.301 e. The molecule has 0 unspecified atom stereocenters. The zero-order chi connectivity index (χ0) is 17.1. The molecule has 0 spiro atoms.